The molecule has 4 aromatic heterocycles. The number of hydrogen-bond acceptors (Lipinski definition) is 8. The van der Waals surface area contributed by atoms with E-state index in [0.717, 1.165) is 5.56 Å². The summed E-state index contributed by atoms with van der Waals surface area (Å²) in [7, 11) is 1.63. The van der Waals surface area contributed by atoms with Crippen LogP contribution in [0.15, 0.2) is 71.8 Å². The summed E-state index contributed by atoms with van der Waals surface area (Å²) < 4.78 is 49.1. The third kappa shape index (κ3) is 8.76. The lowest BCUT2D eigenvalue weighted by atomic mass is 10.2. The van der Waals surface area contributed by atoms with E-state index in [-0.39, 0.29) is 11.6 Å². The number of methoxy groups -OCH3 is 1. The lowest BCUT2D eigenvalue weighted by Crippen LogP contribution is -2.21. The van der Waals surface area contributed by atoms with Crippen molar-refractivity contribution < 1.29 is 41.8 Å². The van der Waals surface area contributed by atoms with Gasteiger partial charge >= 0.3 is 12.1 Å². The number of aliphatic carboxylic acids is 1. The van der Waals surface area contributed by atoms with Gasteiger partial charge in [0, 0.05) is 25.1 Å². The van der Waals surface area contributed by atoms with E-state index >= 15 is 0 Å². The molecule has 0 aliphatic carbocycles. The van der Waals surface area contributed by atoms with Crippen LogP contribution in [-0.2, 0) is 20.8 Å². The number of carbonyl (C=O) groups is 2. The van der Waals surface area contributed by atoms with Gasteiger partial charge in [-0.1, -0.05) is 12.1 Å². The first-order chi connectivity index (χ1) is 18.7. The molecule has 206 valence electrons. The molecule has 0 aromatic carbocycles. The van der Waals surface area contributed by atoms with Crippen LogP contribution in [0.1, 0.15) is 10.5 Å². The van der Waals surface area contributed by atoms with E-state index in [1.165, 1.54) is 0 Å². The summed E-state index contributed by atoms with van der Waals surface area (Å²) in [5.41, 5.74) is 3.51. The Morgan fingerprint density at radius 3 is 2.49 bits per heavy atom. The molecule has 4 aromatic rings. The Kier molecular flexibility index (Phi) is 10.3. The predicted octanol–water partition coefficient (Wildman–Crippen LogP) is 4.15. The fourth-order valence-corrected chi connectivity index (χ4v) is 3.04. The van der Waals surface area contributed by atoms with Crippen LogP contribution < -0.4 is 5.32 Å². The zero-order chi connectivity index (χ0) is 28.3. The van der Waals surface area contributed by atoms with Crippen LogP contribution in [-0.4, -0.2) is 69.8 Å². The number of amides is 1. The van der Waals surface area contributed by atoms with Crippen LogP contribution in [0.3, 0.4) is 0 Å². The number of hydrogen-bond donors (Lipinski definition) is 2. The Labute approximate surface area is 220 Å². The third-order valence-electron chi connectivity index (χ3n) is 4.86. The molecule has 1 amide bonds. The van der Waals surface area contributed by atoms with Gasteiger partial charge in [0.2, 0.25) is 0 Å². The van der Waals surface area contributed by atoms with Gasteiger partial charge in [-0.25, -0.2) is 9.78 Å². The molecule has 0 unspecified atom stereocenters. The number of halogens is 3. The summed E-state index contributed by atoms with van der Waals surface area (Å²) in [4.78, 5) is 30.7. The van der Waals surface area contributed by atoms with Gasteiger partial charge in [0.15, 0.2) is 0 Å². The summed E-state index contributed by atoms with van der Waals surface area (Å²) in [5, 5.41) is 14.6. The van der Waals surface area contributed by atoms with E-state index in [2.05, 4.69) is 20.4 Å². The van der Waals surface area contributed by atoms with Gasteiger partial charge in [0.05, 0.1) is 56.0 Å². The Hall–Kier alpha value is -4.56. The minimum Gasteiger partial charge on any atom is -0.475 e. The summed E-state index contributed by atoms with van der Waals surface area (Å²) in [6.45, 7) is 2.03. The molecule has 11 nitrogen and oxygen atoms in total. The van der Waals surface area contributed by atoms with Gasteiger partial charge in [-0.3, -0.25) is 14.5 Å². The second-order valence-electron chi connectivity index (χ2n) is 7.65. The second-order valence-corrected chi connectivity index (χ2v) is 7.65. The van der Waals surface area contributed by atoms with Crippen molar-refractivity contribution in [2.24, 2.45) is 0 Å². The summed E-state index contributed by atoms with van der Waals surface area (Å²) in [5.74, 6) is -3.10. The van der Waals surface area contributed by atoms with Crippen LogP contribution in [0.5, 0.6) is 0 Å². The first-order valence-corrected chi connectivity index (χ1v) is 11.4. The fourth-order valence-electron chi connectivity index (χ4n) is 3.04. The number of rotatable bonds is 10. The molecule has 14 heteroatoms. The number of furan rings is 1. The van der Waals surface area contributed by atoms with E-state index in [4.69, 9.17) is 23.8 Å². The summed E-state index contributed by atoms with van der Waals surface area (Å²) in [6, 6.07) is 12.6. The number of ether oxygens (including phenoxy) is 2. The molecule has 0 radical (unpaired) electrons. The highest BCUT2D eigenvalue weighted by molar-refractivity contribution is 6.04. The van der Waals surface area contributed by atoms with Crippen molar-refractivity contribution in [3.63, 3.8) is 0 Å². The van der Waals surface area contributed by atoms with E-state index in [1.807, 2.05) is 24.3 Å². The van der Waals surface area contributed by atoms with E-state index in [9.17, 15) is 18.0 Å². The predicted molar refractivity (Wildman–Crippen MR) is 132 cm³/mol. The first kappa shape index (κ1) is 29.0. The third-order valence-corrected chi connectivity index (χ3v) is 4.86. The van der Waals surface area contributed by atoms with Gasteiger partial charge in [-0.2, -0.15) is 18.3 Å². The zero-order valence-electron chi connectivity index (χ0n) is 20.6. The number of carboxylic acids is 1. The molecule has 4 rings (SSSR count). The van der Waals surface area contributed by atoms with Crippen LogP contribution in [0.2, 0.25) is 0 Å². The first-order valence-electron chi connectivity index (χ1n) is 11.4. The number of pyridine rings is 2. The van der Waals surface area contributed by atoms with Crippen molar-refractivity contribution in [2.45, 2.75) is 12.7 Å². The fraction of sp³-hybridized carbons (Fsp3) is 0.240. The normalized spacial score (nSPS) is 11.0. The maximum absolute atomic E-state index is 13.0. The smallest absolute Gasteiger partial charge is 0.475 e. The van der Waals surface area contributed by atoms with E-state index in [1.54, 1.807) is 54.9 Å². The molecule has 0 spiro atoms. The van der Waals surface area contributed by atoms with Crippen LogP contribution in [0.4, 0.5) is 18.9 Å². The standard InChI is InChI=1S/C23H23N5O4.C2HF3O2/c1-30-13-14-31-12-10-28-15-21(22(27-28)19-5-2-3-9-24-19)26-23(29)20-7-4-6-18(25-20)17-8-11-32-16-17;3-2(4,5)1(6)7/h2-9,11,15-16H,10,12-14H2,1H3,(H,26,29);(H,6,7). The summed E-state index contributed by atoms with van der Waals surface area (Å²) in [6.07, 6.45) is 1.52. The topological polar surface area (TPSA) is 142 Å². The number of carbonyl (C=O) groups excluding carboxylic acids is 1. The molecule has 0 bridgehead atoms. The molecule has 39 heavy (non-hydrogen) atoms. The largest absolute Gasteiger partial charge is 0.490 e. The monoisotopic (exact) mass is 547 g/mol. The van der Waals surface area contributed by atoms with Crippen molar-refractivity contribution >= 4 is 17.6 Å². The Balaban J connectivity index is 0.000000532. The molecular formula is C25H24F3N5O6. The number of carboxylic acid groups (broad SMARTS) is 1. The van der Waals surface area contributed by atoms with Crippen molar-refractivity contribution in [2.75, 3.05) is 32.2 Å². The highest BCUT2D eigenvalue weighted by Crippen LogP contribution is 2.25. The number of nitrogens with one attached hydrogen (secondary N) is 1. The van der Waals surface area contributed by atoms with Crippen molar-refractivity contribution in [3.05, 3.63) is 73.1 Å². The lowest BCUT2D eigenvalue weighted by Gasteiger charge is -2.06. The quantitative estimate of drug-likeness (QED) is 0.280. The number of anilines is 1. The van der Waals surface area contributed by atoms with Crippen LogP contribution in [0.25, 0.3) is 22.6 Å². The van der Waals surface area contributed by atoms with Crippen LogP contribution in [0, 0.1) is 0 Å². The number of alkyl halides is 3. The van der Waals surface area contributed by atoms with Crippen molar-refractivity contribution in [1.29, 1.82) is 0 Å². The average molecular weight is 547 g/mol. The molecule has 0 saturated heterocycles. The van der Waals surface area contributed by atoms with Gasteiger partial charge in [-0.05, 0) is 30.3 Å². The molecule has 0 atom stereocenters. The summed E-state index contributed by atoms with van der Waals surface area (Å²) >= 11 is 0. The molecule has 0 saturated carbocycles. The van der Waals surface area contributed by atoms with Crippen molar-refractivity contribution in [1.82, 2.24) is 19.7 Å². The number of aromatic nitrogens is 4. The van der Waals surface area contributed by atoms with Crippen molar-refractivity contribution in [3.8, 4) is 22.6 Å². The Morgan fingerprint density at radius 1 is 1.08 bits per heavy atom. The van der Waals surface area contributed by atoms with Gasteiger partial charge in [0.1, 0.15) is 11.4 Å². The molecule has 0 aliphatic heterocycles. The average Bonchev–Trinajstić information content (AvgIpc) is 3.60. The zero-order valence-corrected chi connectivity index (χ0v) is 20.6. The molecular weight excluding hydrogens is 523 g/mol. The lowest BCUT2D eigenvalue weighted by molar-refractivity contribution is -0.192. The minimum atomic E-state index is -5.08. The SMILES string of the molecule is COCCOCCn1cc(NC(=O)c2cccc(-c3ccoc3)n2)c(-c2ccccn2)n1.O=C(O)C(F)(F)F. The highest BCUT2D eigenvalue weighted by Gasteiger charge is 2.38. The van der Waals surface area contributed by atoms with Crippen LogP contribution >= 0.6 is 0 Å². The van der Waals surface area contributed by atoms with E-state index < -0.39 is 12.1 Å². The Morgan fingerprint density at radius 2 is 1.85 bits per heavy atom. The molecule has 4 heterocycles. The Bertz CT molecular complexity index is 1340. The second kappa shape index (κ2) is 13.8. The molecule has 0 fully saturated rings. The van der Waals surface area contributed by atoms with Gasteiger partial charge < -0.3 is 24.3 Å². The molecule has 2 N–H and O–H groups in total. The minimum absolute atomic E-state index is 0.284. The van der Waals surface area contributed by atoms with Gasteiger partial charge in [0.25, 0.3) is 5.91 Å². The van der Waals surface area contributed by atoms with Gasteiger partial charge in [-0.15, -0.1) is 0 Å². The molecule has 0 aliphatic rings. The highest BCUT2D eigenvalue weighted by atomic mass is 19.4. The maximum atomic E-state index is 13.0. The van der Waals surface area contributed by atoms with E-state index in [0.29, 0.717) is 49.1 Å². The maximum Gasteiger partial charge on any atom is 0.490 e. The number of nitrogens with zero attached hydrogens (tertiary/aromatic N) is 4.